The fourth-order valence-electron chi connectivity index (χ4n) is 2.45. The van der Waals surface area contributed by atoms with Gasteiger partial charge in [-0.2, -0.15) is 5.10 Å². The summed E-state index contributed by atoms with van der Waals surface area (Å²) in [5.74, 6) is 0.440. The SMILES string of the molecule is CNCC(Cc1cc(C)nn1C)c1ccccc1Br. The fourth-order valence-corrected chi connectivity index (χ4v) is 3.06. The number of halogens is 1. The van der Waals surface area contributed by atoms with Gasteiger partial charge in [0.05, 0.1) is 5.69 Å². The van der Waals surface area contributed by atoms with Gasteiger partial charge in [-0.25, -0.2) is 0 Å². The highest BCUT2D eigenvalue weighted by Gasteiger charge is 2.16. The van der Waals surface area contributed by atoms with E-state index >= 15 is 0 Å². The van der Waals surface area contributed by atoms with Gasteiger partial charge in [0.1, 0.15) is 0 Å². The van der Waals surface area contributed by atoms with Crippen molar-refractivity contribution in [3.63, 3.8) is 0 Å². The van der Waals surface area contributed by atoms with Gasteiger partial charge < -0.3 is 5.32 Å². The van der Waals surface area contributed by atoms with E-state index in [9.17, 15) is 0 Å². The summed E-state index contributed by atoms with van der Waals surface area (Å²) in [5.41, 5.74) is 3.69. The van der Waals surface area contributed by atoms with E-state index < -0.39 is 0 Å². The normalized spacial score (nSPS) is 12.6. The summed E-state index contributed by atoms with van der Waals surface area (Å²) in [6.45, 7) is 2.99. The van der Waals surface area contributed by atoms with Crippen molar-refractivity contribution in [2.75, 3.05) is 13.6 Å². The van der Waals surface area contributed by atoms with Gasteiger partial charge in [0.15, 0.2) is 0 Å². The zero-order valence-electron chi connectivity index (χ0n) is 11.7. The van der Waals surface area contributed by atoms with Gasteiger partial charge >= 0.3 is 0 Å². The Bertz CT molecular complexity index is 548. The largest absolute Gasteiger partial charge is 0.319 e. The van der Waals surface area contributed by atoms with Gasteiger partial charge in [-0.3, -0.25) is 4.68 Å². The Labute approximate surface area is 123 Å². The zero-order valence-corrected chi connectivity index (χ0v) is 13.2. The quantitative estimate of drug-likeness (QED) is 0.917. The molecular weight excluding hydrogens is 302 g/mol. The predicted molar refractivity (Wildman–Crippen MR) is 82.5 cm³/mol. The van der Waals surface area contributed by atoms with Gasteiger partial charge in [0.25, 0.3) is 0 Å². The van der Waals surface area contributed by atoms with E-state index in [1.165, 1.54) is 15.7 Å². The van der Waals surface area contributed by atoms with Gasteiger partial charge in [-0.15, -0.1) is 0 Å². The van der Waals surface area contributed by atoms with Gasteiger partial charge in [-0.1, -0.05) is 34.1 Å². The molecule has 0 bridgehead atoms. The van der Waals surface area contributed by atoms with E-state index in [0.29, 0.717) is 5.92 Å². The number of rotatable bonds is 5. The molecule has 0 saturated carbocycles. The van der Waals surface area contributed by atoms with Crippen LogP contribution in [0.15, 0.2) is 34.8 Å². The summed E-state index contributed by atoms with van der Waals surface area (Å²) < 4.78 is 3.16. The summed E-state index contributed by atoms with van der Waals surface area (Å²) in [6, 6.07) is 10.6. The maximum absolute atomic E-state index is 4.42. The molecule has 1 N–H and O–H groups in total. The lowest BCUT2D eigenvalue weighted by atomic mass is 9.94. The average Bonchev–Trinajstić information content (AvgIpc) is 2.68. The van der Waals surface area contributed by atoms with E-state index in [4.69, 9.17) is 0 Å². The maximum Gasteiger partial charge on any atom is 0.0596 e. The molecule has 1 aromatic carbocycles. The van der Waals surface area contributed by atoms with Crippen molar-refractivity contribution in [3.8, 4) is 0 Å². The Balaban J connectivity index is 2.26. The minimum atomic E-state index is 0.440. The van der Waals surface area contributed by atoms with E-state index in [1.54, 1.807) is 0 Å². The Morgan fingerprint density at radius 3 is 2.68 bits per heavy atom. The first-order valence-electron chi connectivity index (χ1n) is 6.50. The van der Waals surface area contributed by atoms with Crippen LogP contribution in [0.4, 0.5) is 0 Å². The minimum Gasteiger partial charge on any atom is -0.319 e. The van der Waals surface area contributed by atoms with Crippen LogP contribution in [0.2, 0.25) is 0 Å². The monoisotopic (exact) mass is 321 g/mol. The number of aryl methyl sites for hydroxylation is 2. The molecule has 2 aromatic rings. The molecule has 0 spiro atoms. The second-order valence-electron chi connectivity index (χ2n) is 4.88. The highest BCUT2D eigenvalue weighted by atomic mass is 79.9. The molecule has 19 heavy (non-hydrogen) atoms. The second kappa shape index (κ2) is 6.35. The zero-order chi connectivity index (χ0) is 13.8. The molecular formula is C15H20BrN3. The number of benzene rings is 1. The molecule has 1 unspecified atom stereocenters. The van der Waals surface area contributed by atoms with Crippen molar-refractivity contribution in [2.24, 2.45) is 7.05 Å². The average molecular weight is 322 g/mol. The van der Waals surface area contributed by atoms with Gasteiger partial charge in [0, 0.05) is 29.7 Å². The molecule has 0 radical (unpaired) electrons. The fraction of sp³-hybridized carbons (Fsp3) is 0.400. The lowest BCUT2D eigenvalue weighted by Gasteiger charge is -2.18. The van der Waals surface area contributed by atoms with E-state index in [1.807, 2.05) is 25.7 Å². The minimum absolute atomic E-state index is 0.440. The molecule has 0 amide bonds. The van der Waals surface area contributed by atoms with Crippen LogP contribution in [-0.4, -0.2) is 23.4 Å². The third kappa shape index (κ3) is 3.45. The first-order valence-corrected chi connectivity index (χ1v) is 7.29. The Hall–Kier alpha value is -1.13. The summed E-state index contributed by atoms with van der Waals surface area (Å²) >= 11 is 3.65. The van der Waals surface area contributed by atoms with E-state index in [2.05, 4.69) is 56.7 Å². The van der Waals surface area contributed by atoms with Crippen molar-refractivity contribution in [1.29, 1.82) is 0 Å². The molecule has 4 heteroatoms. The first kappa shape index (κ1) is 14.3. The topological polar surface area (TPSA) is 29.9 Å². The molecule has 1 aromatic heterocycles. The third-order valence-electron chi connectivity index (χ3n) is 3.35. The first-order chi connectivity index (χ1) is 9.11. The van der Waals surface area contributed by atoms with Crippen molar-refractivity contribution < 1.29 is 0 Å². The number of likely N-dealkylation sites (N-methyl/N-ethyl adjacent to an activating group) is 1. The number of hydrogen-bond donors (Lipinski definition) is 1. The van der Waals surface area contributed by atoms with Crippen LogP contribution in [0, 0.1) is 6.92 Å². The van der Waals surface area contributed by atoms with E-state index in [-0.39, 0.29) is 0 Å². The molecule has 102 valence electrons. The smallest absolute Gasteiger partial charge is 0.0596 e. The van der Waals surface area contributed by atoms with Crippen molar-refractivity contribution >= 4 is 15.9 Å². The summed E-state index contributed by atoms with van der Waals surface area (Å²) in [7, 11) is 4.01. The Morgan fingerprint density at radius 1 is 1.37 bits per heavy atom. The highest BCUT2D eigenvalue weighted by Crippen LogP contribution is 2.27. The Kier molecular flexibility index (Phi) is 4.77. The summed E-state index contributed by atoms with van der Waals surface area (Å²) in [6.07, 6.45) is 0.987. The molecule has 2 rings (SSSR count). The Morgan fingerprint density at radius 2 is 2.11 bits per heavy atom. The van der Waals surface area contributed by atoms with Crippen molar-refractivity contribution in [3.05, 3.63) is 51.8 Å². The predicted octanol–water partition coefficient (Wildman–Crippen LogP) is 3.04. The van der Waals surface area contributed by atoms with Crippen LogP contribution < -0.4 is 5.32 Å². The van der Waals surface area contributed by atoms with Gasteiger partial charge in [0.2, 0.25) is 0 Å². The highest BCUT2D eigenvalue weighted by molar-refractivity contribution is 9.10. The third-order valence-corrected chi connectivity index (χ3v) is 4.07. The number of hydrogen-bond acceptors (Lipinski definition) is 2. The molecule has 3 nitrogen and oxygen atoms in total. The van der Waals surface area contributed by atoms with Crippen molar-refractivity contribution in [2.45, 2.75) is 19.3 Å². The van der Waals surface area contributed by atoms with Crippen LogP contribution in [0.25, 0.3) is 0 Å². The van der Waals surface area contributed by atoms with Crippen molar-refractivity contribution in [1.82, 2.24) is 15.1 Å². The lowest BCUT2D eigenvalue weighted by molar-refractivity contribution is 0.589. The molecule has 0 saturated heterocycles. The van der Waals surface area contributed by atoms with Gasteiger partial charge in [-0.05, 0) is 38.1 Å². The van der Waals surface area contributed by atoms with Crippen LogP contribution in [0.1, 0.15) is 22.9 Å². The summed E-state index contributed by atoms with van der Waals surface area (Å²) in [5, 5.41) is 7.71. The van der Waals surface area contributed by atoms with E-state index in [0.717, 1.165) is 18.7 Å². The van der Waals surface area contributed by atoms with Crippen LogP contribution >= 0.6 is 15.9 Å². The number of nitrogens with zero attached hydrogens (tertiary/aromatic N) is 2. The molecule has 0 fully saturated rings. The van der Waals surface area contributed by atoms with Crippen LogP contribution in [0.3, 0.4) is 0 Å². The number of nitrogens with one attached hydrogen (secondary N) is 1. The van der Waals surface area contributed by atoms with Crippen LogP contribution in [-0.2, 0) is 13.5 Å². The maximum atomic E-state index is 4.42. The van der Waals surface area contributed by atoms with Crippen LogP contribution in [0.5, 0.6) is 0 Å². The standard InChI is InChI=1S/C15H20BrN3/c1-11-8-13(19(3)18-11)9-12(10-17-2)14-6-4-5-7-15(14)16/h4-8,12,17H,9-10H2,1-3H3. The molecule has 0 aliphatic carbocycles. The molecule has 0 aliphatic rings. The lowest BCUT2D eigenvalue weighted by Crippen LogP contribution is -2.20. The molecule has 0 aliphatic heterocycles. The number of aromatic nitrogens is 2. The molecule has 1 heterocycles. The molecule has 1 atom stereocenters. The summed E-state index contributed by atoms with van der Waals surface area (Å²) in [4.78, 5) is 0. The second-order valence-corrected chi connectivity index (χ2v) is 5.74.